The van der Waals surface area contributed by atoms with E-state index in [1.165, 1.54) is 24.1 Å². The first-order valence-corrected chi connectivity index (χ1v) is 7.55. The van der Waals surface area contributed by atoms with Crippen LogP contribution in [0.3, 0.4) is 0 Å². The first-order valence-electron chi connectivity index (χ1n) is 7.55. The summed E-state index contributed by atoms with van der Waals surface area (Å²) in [5.74, 6) is 0.714. The van der Waals surface area contributed by atoms with Crippen molar-refractivity contribution in [2.75, 3.05) is 18.0 Å². The molecule has 1 aromatic rings. The minimum atomic E-state index is 0.238. The van der Waals surface area contributed by atoms with Gasteiger partial charge < -0.3 is 4.90 Å². The van der Waals surface area contributed by atoms with E-state index >= 15 is 0 Å². The van der Waals surface area contributed by atoms with Crippen LogP contribution >= 0.6 is 0 Å². The van der Waals surface area contributed by atoms with Gasteiger partial charge in [0.15, 0.2) is 0 Å². The first-order chi connectivity index (χ1) is 9.22. The van der Waals surface area contributed by atoms with Crippen molar-refractivity contribution in [2.24, 2.45) is 5.92 Å². The molecule has 2 heteroatoms. The Morgan fingerprint density at radius 2 is 2.00 bits per heavy atom. The lowest BCUT2D eigenvalue weighted by molar-refractivity contribution is -0.122. The van der Waals surface area contributed by atoms with Crippen molar-refractivity contribution in [3.8, 4) is 0 Å². The third kappa shape index (κ3) is 3.59. The number of hydrogen-bond acceptors (Lipinski definition) is 2. The molecule has 2 rings (SSSR count). The highest BCUT2D eigenvalue weighted by Crippen LogP contribution is 2.25. The molecule has 0 aromatic heterocycles. The zero-order valence-corrected chi connectivity index (χ0v) is 12.2. The Hall–Kier alpha value is -1.31. The van der Waals surface area contributed by atoms with E-state index in [1.807, 2.05) is 0 Å². The molecule has 0 amide bonds. The summed E-state index contributed by atoms with van der Waals surface area (Å²) in [4.78, 5) is 14.5. The van der Waals surface area contributed by atoms with Gasteiger partial charge in [0, 0.05) is 31.1 Å². The van der Waals surface area contributed by atoms with Crippen molar-refractivity contribution in [1.29, 1.82) is 0 Å². The molecule has 1 saturated carbocycles. The lowest BCUT2D eigenvalue weighted by Crippen LogP contribution is -2.33. The average Bonchev–Trinajstić information content (AvgIpc) is 2.62. The number of Topliss-reactive ketones (excluding diaryl/α,β-unsaturated/α-hetero) is 1. The Morgan fingerprint density at radius 3 is 2.74 bits per heavy atom. The fraction of sp³-hybridized carbons (Fsp3) is 0.588. The predicted octanol–water partition coefficient (Wildman–Crippen LogP) is 3.97. The van der Waals surface area contributed by atoms with E-state index in [1.54, 1.807) is 0 Å². The van der Waals surface area contributed by atoms with Gasteiger partial charge in [0.05, 0.1) is 0 Å². The van der Waals surface area contributed by atoms with Crippen LogP contribution in [0.2, 0.25) is 0 Å². The molecule has 1 fully saturated rings. The van der Waals surface area contributed by atoms with E-state index in [0.29, 0.717) is 5.78 Å². The number of aryl methyl sites for hydroxylation is 1. The third-order valence-corrected chi connectivity index (χ3v) is 4.21. The molecule has 1 aromatic carbocycles. The van der Waals surface area contributed by atoms with Crippen LogP contribution in [-0.2, 0) is 4.79 Å². The number of anilines is 1. The highest BCUT2D eigenvalue weighted by molar-refractivity contribution is 5.81. The van der Waals surface area contributed by atoms with Gasteiger partial charge in [0.2, 0.25) is 0 Å². The summed E-state index contributed by atoms with van der Waals surface area (Å²) < 4.78 is 0. The van der Waals surface area contributed by atoms with Crippen molar-refractivity contribution >= 4 is 11.5 Å². The minimum Gasteiger partial charge on any atom is -0.371 e. The maximum Gasteiger partial charge on any atom is 0.137 e. The quantitative estimate of drug-likeness (QED) is 0.763. The summed E-state index contributed by atoms with van der Waals surface area (Å²) >= 11 is 0. The van der Waals surface area contributed by atoms with Gasteiger partial charge in [-0.25, -0.2) is 0 Å². The highest BCUT2D eigenvalue weighted by atomic mass is 16.1. The standard InChI is InChI=1S/C17H25NO/c1-3-18(16-11-8-7-9-14(16)2)13-15-10-5-4-6-12-17(15)19/h7-9,11,15H,3-6,10,12-13H2,1-2H3. The van der Waals surface area contributed by atoms with Crippen LogP contribution in [0.15, 0.2) is 24.3 Å². The normalized spacial score (nSPS) is 20.1. The molecule has 0 aliphatic heterocycles. The second-order valence-corrected chi connectivity index (χ2v) is 5.59. The zero-order chi connectivity index (χ0) is 13.7. The van der Waals surface area contributed by atoms with Crippen molar-refractivity contribution in [3.05, 3.63) is 29.8 Å². The lowest BCUT2D eigenvalue weighted by atomic mass is 9.97. The van der Waals surface area contributed by atoms with Crippen LogP contribution in [0.1, 0.15) is 44.6 Å². The SMILES string of the molecule is CCN(CC1CCCCCC1=O)c1ccccc1C. The molecular weight excluding hydrogens is 234 g/mol. The summed E-state index contributed by atoms with van der Waals surface area (Å²) in [6, 6.07) is 8.47. The number of carbonyl (C=O) groups excluding carboxylic acids is 1. The molecule has 0 spiro atoms. The van der Waals surface area contributed by atoms with Crippen molar-refractivity contribution in [3.63, 3.8) is 0 Å². The van der Waals surface area contributed by atoms with Gasteiger partial charge in [0.25, 0.3) is 0 Å². The number of para-hydroxylation sites is 1. The molecule has 0 saturated heterocycles. The Bertz CT molecular complexity index is 427. The van der Waals surface area contributed by atoms with E-state index in [9.17, 15) is 4.79 Å². The van der Waals surface area contributed by atoms with Crippen molar-refractivity contribution in [2.45, 2.75) is 46.0 Å². The second kappa shape index (κ2) is 6.74. The Kier molecular flexibility index (Phi) is 5.00. The van der Waals surface area contributed by atoms with Crippen LogP contribution < -0.4 is 4.90 Å². The molecule has 0 N–H and O–H groups in total. The molecule has 2 nitrogen and oxygen atoms in total. The largest absolute Gasteiger partial charge is 0.371 e. The van der Waals surface area contributed by atoms with Crippen LogP contribution in [0.25, 0.3) is 0 Å². The number of hydrogen-bond donors (Lipinski definition) is 0. The van der Waals surface area contributed by atoms with E-state index in [-0.39, 0.29) is 5.92 Å². The Morgan fingerprint density at radius 1 is 1.21 bits per heavy atom. The van der Waals surface area contributed by atoms with Gasteiger partial charge in [-0.2, -0.15) is 0 Å². The topological polar surface area (TPSA) is 20.3 Å². The predicted molar refractivity (Wildman–Crippen MR) is 80.6 cm³/mol. The highest BCUT2D eigenvalue weighted by Gasteiger charge is 2.23. The number of carbonyl (C=O) groups is 1. The van der Waals surface area contributed by atoms with Gasteiger partial charge in [-0.3, -0.25) is 4.79 Å². The summed E-state index contributed by atoms with van der Waals surface area (Å²) in [6.45, 7) is 6.18. The van der Waals surface area contributed by atoms with Gasteiger partial charge in [-0.15, -0.1) is 0 Å². The monoisotopic (exact) mass is 259 g/mol. The second-order valence-electron chi connectivity index (χ2n) is 5.59. The minimum absolute atomic E-state index is 0.238. The summed E-state index contributed by atoms with van der Waals surface area (Å²) in [7, 11) is 0. The molecule has 0 bridgehead atoms. The smallest absolute Gasteiger partial charge is 0.137 e. The number of rotatable bonds is 4. The zero-order valence-electron chi connectivity index (χ0n) is 12.2. The van der Waals surface area contributed by atoms with Crippen molar-refractivity contribution in [1.82, 2.24) is 0 Å². The van der Waals surface area contributed by atoms with Crippen molar-refractivity contribution < 1.29 is 4.79 Å². The van der Waals surface area contributed by atoms with E-state index in [0.717, 1.165) is 32.4 Å². The molecule has 1 unspecified atom stereocenters. The molecule has 104 valence electrons. The van der Waals surface area contributed by atoms with Crippen LogP contribution in [-0.4, -0.2) is 18.9 Å². The van der Waals surface area contributed by atoms with E-state index in [4.69, 9.17) is 0 Å². The fourth-order valence-electron chi connectivity index (χ4n) is 3.01. The average molecular weight is 259 g/mol. The maximum absolute atomic E-state index is 12.2. The van der Waals surface area contributed by atoms with Gasteiger partial charge in [0.1, 0.15) is 5.78 Å². The molecular formula is C17H25NO. The summed E-state index contributed by atoms with van der Waals surface area (Å²) in [5, 5.41) is 0. The molecule has 1 aliphatic rings. The van der Waals surface area contributed by atoms with Gasteiger partial charge >= 0.3 is 0 Å². The third-order valence-electron chi connectivity index (χ3n) is 4.21. The molecule has 19 heavy (non-hydrogen) atoms. The Balaban J connectivity index is 2.10. The van der Waals surface area contributed by atoms with Gasteiger partial charge in [-0.05, 0) is 38.3 Å². The Labute approximate surface area is 116 Å². The molecule has 0 heterocycles. The summed E-state index contributed by atoms with van der Waals surface area (Å²) in [6.07, 6.45) is 5.38. The lowest BCUT2D eigenvalue weighted by Gasteiger charge is -2.28. The molecule has 1 aliphatic carbocycles. The van der Waals surface area contributed by atoms with Crippen LogP contribution in [0, 0.1) is 12.8 Å². The molecule has 0 radical (unpaired) electrons. The molecule has 1 atom stereocenters. The van der Waals surface area contributed by atoms with Crippen LogP contribution in [0.5, 0.6) is 0 Å². The fourth-order valence-corrected chi connectivity index (χ4v) is 3.01. The first kappa shape index (κ1) is 14.1. The van der Waals surface area contributed by atoms with Gasteiger partial charge in [-0.1, -0.05) is 31.0 Å². The van der Waals surface area contributed by atoms with Crippen LogP contribution in [0.4, 0.5) is 5.69 Å². The van der Waals surface area contributed by atoms with E-state index < -0.39 is 0 Å². The maximum atomic E-state index is 12.2. The number of benzene rings is 1. The number of nitrogens with zero attached hydrogens (tertiary/aromatic N) is 1. The summed E-state index contributed by atoms with van der Waals surface area (Å²) in [5.41, 5.74) is 2.58. The van der Waals surface area contributed by atoms with E-state index in [2.05, 4.69) is 43.0 Å². The number of ketones is 1.